The highest BCUT2D eigenvalue weighted by Crippen LogP contribution is 2.40. The van der Waals surface area contributed by atoms with Crippen LogP contribution in [0, 0.1) is 23.2 Å². The fourth-order valence-electron chi connectivity index (χ4n) is 3.09. The van der Waals surface area contributed by atoms with Gasteiger partial charge in [0.25, 0.3) is 0 Å². The molecule has 0 aromatic rings. The Morgan fingerprint density at radius 1 is 1.42 bits per heavy atom. The average Bonchev–Trinajstić information content (AvgIpc) is 2.69. The fraction of sp³-hybridized carbons (Fsp3) is 0.857. The largest absolute Gasteiger partial charge is 0.444 e. The number of nitrogens with zero attached hydrogens (tertiary/aromatic N) is 2. The molecule has 106 valence electrons. The highest BCUT2D eigenvalue weighted by atomic mass is 16.6. The standard InChI is InChI=1S/C14H23N3O2/c1-13(2,3)19-12(18)17-7-10-4-5-14(16,9-15)6-11(10)8-17/h10-11H,4-8,16H2,1-3H3. The minimum Gasteiger partial charge on any atom is -0.444 e. The maximum Gasteiger partial charge on any atom is 0.410 e. The Bertz CT molecular complexity index is 410. The van der Waals surface area contributed by atoms with E-state index in [4.69, 9.17) is 15.7 Å². The molecule has 1 saturated carbocycles. The summed E-state index contributed by atoms with van der Waals surface area (Å²) in [6.07, 6.45) is 2.09. The zero-order valence-electron chi connectivity index (χ0n) is 12.0. The highest BCUT2D eigenvalue weighted by molar-refractivity contribution is 5.68. The molecule has 1 aliphatic carbocycles. The van der Waals surface area contributed by atoms with E-state index in [1.165, 1.54) is 0 Å². The summed E-state index contributed by atoms with van der Waals surface area (Å²) in [6.45, 7) is 7.01. The number of carbonyl (C=O) groups excluding carboxylic acids is 1. The second kappa shape index (κ2) is 4.68. The summed E-state index contributed by atoms with van der Waals surface area (Å²) in [6, 6.07) is 2.22. The summed E-state index contributed by atoms with van der Waals surface area (Å²) in [5.74, 6) is 0.809. The molecule has 1 amide bonds. The Hall–Kier alpha value is -1.28. The van der Waals surface area contributed by atoms with E-state index in [0.717, 1.165) is 19.4 Å². The van der Waals surface area contributed by atoms with Crippen molar-refractivity contribution in [2.24, 2.45) is 17.6 Å². The van der Waals surface area contributed by atoms with E-state index in [2.05, 4.69) is 6.07 Å². The van der Waals surface area contributed by atoms with E-state index in [9.17, 15) is 4.79 Å². The van der Waals surface area contributed by atoms with Crippen molar-refractivity contribution in [1.29, 1.82) is 5.26 Å². The third kappa shape index (κ3) is 3.19. The number of nitriles is 1. The van der Waals surface area contributed by atoms with E-state index < -0.39 is 11.1 Å². The number of likely N-dealkylation sites (tertiary alicyclic amines) is 1. The van der Waals surface area contributed by atoms with E-state index in [-0.39, 0.29) is 6.09 Å². The van der Waals surface area contributed by atoms with Crippen molar-refractivity contribution in [1.82, 2.24) is 4.90 Å². The molecule has 2 rings (SSSR count). The summed E-state index contributed by atoms with van der Waals surface area (Å²) in [4.78, 5) is 13.8. The lowest BCUT2D eigenvalue weighted by molar-refractivity contribution is 0.0284. The van der Waals surface area contributed by atoms with Gasteiger partial charge in [0.2, 0.25) is 0 Å². The molecule has 0 aromatic heterocycles. The molecule has 0 bridgehead atoms. The van der Waals surface area contributed by atoms with Crippen molar-refractivity contribution < 1.29 is 9.53 Å². The van der Waals surface area contributed by atoms with Crippen LogP contribution < -0.4 is 5.73 Å². The van der Waals surface area contributed by atoms with Crippen LogP contribution in [-0.4, -0.2) is 35.2 Å². The molecule has 19 heavy (non-hydrogen) atoms. The first-order chi connectivity index (χ1) is 8.72. The lowest BCUT2D eigenvalue weighted by Gasteiger charge is -2.33. The Balaban J connectivity index is 1.97. The monoisotopic (exact) mass is 265 g/mol. The van der Waals surface area contributed by atoms with Crippen LogP contribution >= 0.6 is 0 Å². The molecule has 3 atom stereocenters. The Labute approximate surface area is 114 Å². The van der Waals surface area contributed by atoms with Gasteiger partial charge in [0.1, 0.15) is 11.1 Å². The molecular formula is C14H23N3O2. The average molecular weight is 265 g/mol. The van der Waals surface area contributed by atoms with E-state index in [1.54, 1.807) is 4.90 Å². The predicted octanol–water partition coefficient (Wildman–Crippen LogP) is 1.87. The van der Waals surface area contributed by atoms with Crippen LogP contribution in [0.4, 0.5) is 4.79 Å². The molecule has 5 nitrogen and oxygen atoms in total. The van der Waals surface area contributed by atoms with Gasteiger partial charge < -0.3 is 15.4 Å². The number of carbonyl (C=O) groups is 1. The van der Waals surface area contributed by atoms with Crippen molar-refractivity contribution >= 4 is 6.09 Å². The van der Waals surface area contributed by atoms with Gasteiger partial charge in [0.15, 0.2) is 0 Å². The van der Waals surface area contributed by atoms with Crippen molar-refractivity contribution in [3.05, 3.63) is 0 Å². The number of amides is 1. The van der Waals surface area contributed by atoms with Crippen LogP contribution in [0.2, 0.25) is 0 Å². The summed E-state index contributed by atoms with van der Waals surface area (Å²) in [5, 5.41) is 9.12. The van der Waals surface area contributed by atoms with Crippen LogP contribution in [0.25, 0.3) is 0 Å². The number of ether oxygens (including phenoxy) is 1. The van der Waals surface area contributed by atoms with Gasteiger partial charge in [-0.05, 0) is 51.9 Å². The van der Waals surface area contributed by atoms with Crippen molar-refractivity contribution in [3.8, 4) is 6.07 Å². The van der Waals surface area contributed by atoms with Crippen LogP contribution in [0.1, 0.15) is 40.0 Å². The van der Waals surface area contributed by atoms with Gasteiger partial charge in [0.05, 0.1) is 6.07 Å². The molecule has 0 radical (unpaired) electrons. The van der Waals surface area contributed by atoms with Crippen LogP contribution in [0.5, 0.6) is 0 Å². The maximum atomic E-state index is 12.0. The Morgan fingerprint density at radius 2 is 2.05 bits per heavy atom. The quantitative estimate of drug-likeness (QED) is 0.725. The molecule has 2 fully saturated rings. The van der Waals surface area contributed by atoms with Crippen LogP contribution in [0.15, 0.2) is 0 Å². The zero-order valence-corrected chi connectivity index (χ0v) is 12.0. The first-order valence-corrected chi connectivity index (χ1v) is 6.90. The van der Waals surface area contributed by atoms with E-state index in [1.807, 2.05) is 20.8 Å². The Kier molecular flexibility index (Phi) is 3.48. The number of hydrogen-bond acceptors (Lipinski definition) is 4. The van der Waals surface area contributed by atoms with Gasteiger partial charge >= 0.3 is 6.09 Å². The summed E-state index contributed by atoms with van der Waals surface area (Å²) in [7, 11) is 0. The predicted molar refractivity (Wildman–Crippen MR) is 71.2 cm³/mol. The van der Waals surface area contributed by atoms with Gasteiger partial charge in [-0.15, -0.1) is 0 Å². The number of rotatable bonds is 0. The molecule has 5 heteroatoms. The molecule has 1 saturated heterocycles. The second-order valence-corrected chi connectivity index (χ2v) is 6.92. The molecular weight excluding hydrogens is 242 g/mol. The molecule has 0 aromatic carbocycles. The maximum absolute atomic E-state index is 12.0. The summed E-state index contributed by atoms with van der Waals surface area (Å²) in [5.41, 5.74) is 4.88. The molecule has 0 spiro atoms. The Morgan fingerprint density at radius 3 is 2.63 bits per heavy atom. The summed E-state index contributed by atoms with van der Waals surface area (Å²) < 4.78 is 5.40. The van der Waals surface area contributed by atoms with Crippen molar-refractivity contribution in [2.45, 2.75) is 51.2 Å². The molecule has 2 N–H and O–H groups in total. The van der Waals surface area contributed by atoms with Gasteiger partial charge in [-0.3, -0.25) is 0 Å². The second-order valence-electron chi connectivity index (χ2n) is 6.92. The first-order valence-electron chi connectivity index (χ1n) is 6.90. The molecule has 1 aliphatic heterocycles. The van der Waals surface area contributed by atoms with E-state index >= 15 is 0 Å². The van der Waals surface area contributed by atoms with Crippen molar-refractivity contribution in [3.63, 3.8) is 0 Å². The zero-order chi connectivity index (χ0) is 14.3. The van der Waals surface area contributed by atoms with Gasteiger partial charge in [-0.1, -0.05) is 0 Å². The topological polar surface area (TPSA) is 79.3 Å². The lowest BCUT2D eigenvalue weighted by atomic mass is 9.72. The highest BCUT2D eigenvalue weighted by Gasteiger charge is 2.45. The number of nitrogens with two attached hydrogens (primary N) is 1. The fourth-order valence-corrected chi connectivity index (χ4v) is 3.09. The molecule has 2 aliphatic rings. The van der Waals surface area contributed by atoms with Crippen molar-refractivity contribution in [2.75, 3.05) is 13.1 Å². The third-order valence-corrected chi connectivity index (χ3v) is 4.04. The van der Waals surface area contributed by atoms with E-state index in [0.29, 0.717) is 24.8 Å². The minimum atomic E-state index is -0.703. The van der Waals surface area contributed by atoms with Gasteiger partial charge in [0, 0.05) is 13.1 Å². The van der Waals surface area contributed by atoms with Crippen LogP contribution in [-0.2, 0) is 4.74 Å². The number of fused-ring (bicyclic) bond motifs is 1. The first kappa shape index (κ1) is 14.1. The third-order valence-electron chi connectivity index (χ3n) is 4.04. The minimum absolute atomic E-state index is 0.249. The normalized spacial score (nSPS) is 34.6. The SMILES string of the molecule is CC(C)(C)OC(=O)N1CC2CCC(N)(C#N)CC2C1. The van der Waals surface area contributed by atoms with Gasteiger partial charge in [-0.25, -0.2) is 4.79 Å². The smallest absolute Gasteiger partial charge is 0.410 e. The molecule has 1 heterocycles. The summed E-state index contributed by atoms with van der Waals surface area (Å²) >= 11 is 0. The lowest BCUT2D eigenvalue weighted by Crippen LogP contribution is -2.45. The number of hydrogen-bond donors (Lipinski definition) is 1. The molecule has 3 unspecified atom stereocenters. The van der Waals surface area contributed by atoms with Gasteiger partial charge in [-0.2, -0.15) is 5.26 Å². The van der Waals surface area contributed by atoms with Crippen LogP contribution in [0.3, 0.4) is 0 Å².